The predicted octanol–water partition coefficient (Wildman–Crippen LogP) is 4.07. The Morgan fingerprint density at radius 3 is 2.47 bits per heavy atom. The van der Waals surface area contributed by atoms with Crippen molar-refractivity contribution in [2.24, 2.45) is 0 Å². The summed E-state index contributed by atoms with van der Waals surface area (Å²) in [6, 6.07) is 16.3. The van der Waals surface area contributed by atoms with Crippen LogP contribution in [-0.2, 0) is 16.0 Å². The van der Waals surface area contributed by atoms with Crippen LogP contribution in [0.15, 0.2) is 64.8 Å². The first-order valence-corrected chi connectivity index (χ1v) is 9.39. The number of imide groups is 1. The zero-order valence-corrected chi connectivity index (χ0v) is 16.2. The van der Waals surface area contributed by atoms with Gasteiger partial charge in [-0.25, -0.2) is 9.78 Å². The fraction of sp³-hybridized carbons (Fsp3) is 0.130. The number of benzene rings is 2. The first kappa shape index (κ1) is 19.3. The number of oxazole rings is 1. The lowest BCUT2D eigenvalue weighted by Crippen LogP contribution is -2.18. The Morgan fingerprint density at radius 1 is 1.07 bits per heavy atom. The number of rotatable bonds is 6. The monoisotopic (exact) mass is 402 g/mol. The number of carbonyl (C=O) groups is 3. The maximum atomic E-state index is 12.5. The van der Waals surface area contributed by atoms with E-state index in [4.69, 9.17) is 9.15 Å². The number of ketones is 1. The predicted molar refractivity (Wildman–Crippen MR) is 108 cm³/mol. The molecule has 0 spiro atoms. The van der Waals surface area contributed by atoms with Crippen LogP contribution in [0.1, 0.15) is 33.8 Å². The Labute approximate surface area is 172 Å². The lowest BCUT2D eigenvalue weighted by molar-refractivity contribution is -0.116. The first-order valence-electron chi connectivity index (χ1n) is 9.39. The number of aryl methyl sites for hydroxylation is 2. The van der Waals surface area contributed by atoms with Gasteiger partial charge in [-0.1, -0.05) is 42.5 Å². The van der Waals surface area contributed by atoms with Crippen molar-refractivity contribution in [3.8, 4) is 11.5 Å². The summed E-state index contributed by atoms with van der Waals surface area (Å²) in [7, 11) is 0. The molecule has 0 unspecified atom stereocenters. The molecule has 150 valence electrons. The third-order valence-electron chi connectivity index (χ3n) is 4.67. The highest BCUT2D eigenvalue weighted by Gasteiger charge is 2.25. The molecule has 2 amide bonds. The molecule has 1 N–H and O–H groups in total. The first-order chi connectivity index (χ1) is 14.5. The van der Waals surface area contributed by atoms with Crippen LogP contribution in [-0.4, -0.2) is 22.8 Å². The van der Waals surface area contributed by atoms with Crippen LogP contribution in [0.4, 0.5) is 4.79 Å². The van der Waals surface area contributed by atoms with E-state index in [1.54, 1.807) is 24.3 Å². The highest BCUT2D eigenvalue weighted by molar-refractivity contribution is 6.09. The Bertz CT molecular complexity index is 1140. The molecule has 30 heavy (non-hydrogen) atoms. The maximum absolute atomic E-state index is 12.5. The average Bonchev–Trinajstić information content (AvgIpc) is 3.28. The van der Waals surface area contributed by atoms with E-state index in [2.05, 4.69) is 4.98 Å². The van der Waals surface area contributed by atoms with E-state index in [1.165, 1.54) is 6.08 Å². The van der Waals surface area contributed by atoms with Gasteiger partial charge >= 0.3 is 6.09 Å². The number of cyclic esters (lactones) is 1. The van der Waals surface area contributed by atoms with Gasteiger partial charge in [-0.15, -0.1) is 0 Å². The van der Waals surface area contributed by atoms with E-state index in [9.17, 15) is 14.4 Å². The van der Waals surface area contributed by atoms with E-state index in [-0.39, 0.29) is 11.5 Å². The van der Waals surface area contributed by atoms with Gasteiger partial charge < -0.3 is 9.15 Å². The van der Waals surface area contributed by atoms with E-state index < -0.39 is 12.0 Å². The zero-order valence-electron chi connectivity index (χ0n) is 16.2. The summed E-state index contributed by atoms with van der Waals surface area (Å²) in [5.41, 5.74) is 2.85. The Morgan fingerprint density at radius 2 is 1.80 bits per heavy atom. The Kier molecular flexibility index (Phi) is 5.26. The molecular formula is C23H18N2O5. The number of nitrogens with one attached hydrogen (secondary N) is 1. The van der Waals surface area contributed by atoms with E-state index >= 15 is 0 Å². The van der Waals surface area contributed by atoms with Gasteiger partial charge in [0, 0.05) is 24.0 Å². The second-order valence-electron chi connectivity index (χ2n) is 6.79. The molecule has 0 atom stereocenters. The van der Waals surface area contributed by atoms with Crippen molar-refractivity contribution in [1.29, 1.82) is 0 Å². The zero-order chi connectivity index (χ0) is 21.1. The minimum atomic E-state index is -0.795. The van der Waals surface area contributed by atoms with Crippen molar-refractivity contribution in [2.45, 2.75) is 19.8 Å². The molecular weight excluding hydrogens is 384 g/mol. The standard InChI is InChI=1S/C23H18N2O5/c1-14-18(24-22(29-14)17-5-3-2-4-6-17)11-12-19(26)16-9-7-15(8-10-16)13-20-21(27)25-23(28)30-20/h2-10,13H,11-12H2,1H3,(H,25,27,28)/b20-13+. The number of amides is 2. The topological polar surface area (TPSA) is 98.5 Å². The van der Waals surface area contributed by atoms with Crippen LogP contribution in [0, 0.1) is 6.92 Å². The van der Waals surface area contributed by atoms with E-state index in [1.807, 2.05) is 42.6 Å². The van der Waals surface area contributed by atoms with Gasteiger partial charge in [0.25, 0.3) is 5.91 Å². The number of nitrogens with zero attached hydrogens (tertiary/aromatic N) is 1. The number of hydrogen-bond acceptors (Lipinski definition) is 6. The SMILES string of the molecule is Cc1oc(-c2ccccc2)nc1CCC(=O)c1ccc(/C=C2/OC(=O)NC2=O)cc1. The minimum absolute atomic E-state index is 0.0251. The maximum Gasteiger partial charge on any atom is 0.419 e. The van der Waals surface area contributed by atoms with Crippen LogP contribution in [0.25, 0.3) is 17.5 Å². The lowest BCUT2D eigenvalue weighted by Gasteiger charge is -2.02. The molecule has 1 aliphatic rings. The van der Waals surface area contributed by atoms with Crippen LogP contribution in [0.5, 0.6) is 0 Å². The van der Waals surface area contributed by atoms with Gasteiger partial charge in [0.15, 0.2) is 11.5 Å². The van der Waals surface area contributed by atoms with Crippen LogP contribution in [0.3, 0.4) is 0 Å². The molecule has 1 aromatic heterocycles. The summed E-state index contributed by atoms with van der Waals surface area (Å²) in [4.78, 5) is 39.6. The van der Waals surface area contributed by atoms with Crippen molar-refractivity contribution in [1.82, 2.24) is 10.3 Å². The summed E-state index contributed by atoms with van der Waals surface area (Å²) in [6.07, 6.45) is 1.42. The van der Waals surface area contributed by atoms with Gasteiger partial charge in [-0.2, -0.15) is 0 Å². The summed E-state index contributed by atoms with van der Waals surface area (Å²) in [5, 5.41) is 2.03. The summed E-state index contributed by atoms with van der Waals surface area (Å²) >= 11 is 0. The summed E-state index contributed by atoms with van der Waals surface area (Å²) in [5.74, 6) is 0.563. The molecule has 1 saturated heterocycles. The molecule has 0 aliphatic carbocycles. The van der Waals surface area contributed by atoms with Crippen LogP contribution >= 0.6 is 0 Å². The number of alkyl carbamates (subject to hydrolysis) is 1. The number of aromatic nitrogens is 1. The number of carbonyl (C=O) groups excluding carboxylic acids is 3. The van der Waals surface area contributed by atoms with Crippen LogP contribution in [0.2, 0.25) is 0 Å². The molecule has 0 bridgehead atoms. The van der Waals surface area contributed by atoms with Crippen molar-refractivity contribution in [2.75, 3.05) is 0 Å². The molecule has 2 aromatic carbocycles. The summed E-state index contributed by atoms with van der Waals surface area (Å²) in [6.45, 7) is 1.84. The lowest BCUT2D eigenvalue weighted by atomic mass is 10.0. The van der Waals surface area contributed by atoms with Gasteiger partial charge in [0.2, 0.25) is 5.89 Å². The third-order valence-corrected chi connectivity index (χ3v) is 4.67. The number of ether oxygens (including phenoxy) is 1. The van der Waals surface area contributed by atoms with Crippen molar-refractivity contribution < 1.29 is 23.5 Å². The van der Waals surface area contributed by atoms with Crippen LogP contribution < -0.4 is 5.32 Å². The molecule has 7 heteroatoms. The normalized spacial score (nSPS) is 14.6. The van der Waals surface area contributed by atoms with Crippen molar-refractivity contribution >= 4 is 23.9 Å². The molecule has 0 saturated carbocycles. The van der Waals surface area contributed by atoms with Gasteiger partial charge in [0.1, 0.15) is 5.76 Å². The van der Waals surface area contributed by atoms with Crippen molar-refractivity contribution in [3.63, 3.8) is 0 Å². The van der Waals surface area contributed by atoms with Crippen molar-refractivity contribution in [3.05, 3.63) is 82.9 Å². The highest BCUT2D eigenvalue weighted by Crippen LogP contribution is 2.22. The Balaban J connectivity index is 1.40. The highest BCUT2D eigenvalue weighted by atomic mass is 16.6. The third kappa shape index (κ3) is 4.20. The quantitative estimate of drug-likeness (QED) is 0.493. The number of hydrogen-bond donors (Lipinski definition) is 1. The molecule has 1 fully saturated rings. The molecule has 7 nitrogen and oxygen atoms in total. The molecule has 3 aromatic rings. The fourth-order valence-corrected chi connectivity index (χ4v) is 3.08. The van der Waals surface area contributed by atoms with Gasteiger partial charge in [-0.05, 0) is 30.7 Å². The van der Waals surface area contributed by atoms with E-state index in [0.717, 1.165) is 11.3 Å². The molecule has 4 rings (SSSR count). The average molecular weight is 402 g/mol. The molecule has 2 heterocycles. The Hall–Kier alpha value is -4.00. The largest absolute Gasteiger partial charge is 0.441 e. The second kappa shape index (κ2) is 8.16. The fourth-order valence-electron chi connectivity index (χ4n) is 3.08. The molecule has 0 radical (unpaired) electrons. The van der Waals surface area contributed by atoms with E-state index in [0.29, 0.717) is 35.6 Å². The smallest absolute Gasteiger partial charge is 0.419 e. The van der Waals surface area contributed by atoms with Gasteiger partial charge in [0.05, 0.1) is 5.69 Å². The second-order valence-corrected chi connectivity index (χ2v) is 6.79. The molecule has 1 aliphatic heterocycles. The number of Topliss-reactive ketones (excluding diaryl/α,β-unsaturated/α-hetero) is 1. The minimum Gasteiger partial charge on any atom is -0.441 e. The van der Waals surface area contributed by atoms with Gasteiger partial charge in [-0.3, -0.25) is 14.9 Å². The summed E-state index contributed by atoms with van der Waals surface area (Å²) < 4.78 is 10.5.